The van der Waals surface area contributed by atoms with Crippen LogP contribution in [-0.2, 0) is 19.8 Å². The maximum atomic E-state index is 9.03. The molecule has 0 aliphatic carbocycles. The quantitative estimate of drug-likeness (QED) is 0.714. The fourth-order valence-corrected chi connectivity index (χ4v) is 2.39. The molecule has 0 saturated carbocycles. The van der Waals surface area contributed by atoms with Crippen LogP contribution in [0.1, 0.15) is 17.0 Å². The van der Waals surface area contributed by atoms with E-state index in [0.717, 1.165) is 17.7 Å². The molecule has 0 aliphatic heterocycles. The molecule has 0 atom stereocenters. The summed E-state index contributed by atoms with van der Waals surface area (Å²) in [7, 11) is 4.08. The zero-order valence-corrected chi connectivity index (χ0v) is 14.3. The summed E-state index contributed by atoms with van der Waals surface area (Å²) in [4.78, 5) is 6.48. The van der Waals surface area contributed by atoms with Crippen LogP contribution in [0.15, 0.2) is 53.1 Å². The summed E-state index contributed by atoms with van der Waals surface area (Å²) < 4.78 is 10.9. The Bertz CT molecular complexity index is 796. The van der Waals surface area contributed by atoms with Crippen LogP contribution in [0.25, 0.3) is 11.4 Å². The lowest BCUT2D eigenvalue weighted by atomic mass is 10.1. The van der Waals surface area contributed by atoms with Crippen LogP contribution >= 0.6 is 0 Å². The van der Waals surface area contributed by atoms with E-state index in [-0.39, 0.29) is 13.2 Å². The molecule has 6 heteroatoms. The van der Waals surface area contributed by atoms with Crippen LogP contribution in [0.4, 0.5) is 0 Å². The maximum Gasteiger partial charge on any atom is 0.264 e. The third kappa shape index (κ3) is 4.65. The minimum atomic E-state index is 0.0145. The van der Waals surface area contributed by atoms with Crippen molar-refractivity contribution in [1.82, 2.24) is 15.0 Å². The van der Waals surface area contributed by atoms with Gasteiger partial charge in [0.15, 0.2) is 6.61 Å². The monoisotopic (exact) mass is 339 g/mol. The van der Waals surface area contributed by atoms with Gasteiger partial charge in [0, 0.05) is 12.1 Å². The Labute approximate surface area is 146 Å². The van der Waals surface area contributed by atoms with Gasteiger partial charge in [-0.15, -0.1) is 0 Å². The first-order chi connectivity index (χ1) is 12.1. The lowest BCUT2D eigenvalue weighted by Gasteiger charge is -2.09. The van der Waals surface area contributed by atoms with Gasteiger partial charge in [-0.3, -0.25) is 0 Å². The van der Waals surface area contributed by atoms with E-state index in [1.54, 1.807) is 12.1 Å². The molecule has 6 nitrogen and oxygen atoms in total. The van der Waals surface area contributed by atoms with E-state index in [1.807, 2.05) is 38.4 Å². The summed E-state index contributed by atoms with van der Waals surface area (Å²) in [6.45, 7) is 1.10. The molecule has 0 amide bonds. The lowest BCUT2D eigenvalue weighted by Crippen LogP contribution is -2.10. The van der Waals surface area contributed by atoms with Gasteiger partial charge in [-0.05, 0) is 37.4 Å². The normalized spacial score (nSPS) is 11.0. The molecule has 1 heterocycles. The SMILES string of the molecule is CN(C)Cc1ccc(-c2noc(COc3ccc(CO)cc3)n2)cc1. The van der Waals surface area contributed by atoms with Crippen LogP contribution in [0.2, 0.25) is 0 Å². The van der Waals surface area contributed by atoms with E-state index < -0.39 is 0 Å². The van der Waals surface area contributed by atoms with Crippen molar-refractivity contribution < 1.29 is 14.4 Å². The topological polar surface area (TPSA) is 71.6 Å². The molecule has 130 valence electrons. The fourth-order valence-electron chi connectivity index (χ4n) is 2.39. The molecular formula is C19H21N3O3. The van der Waals surface area contributed by atoms with Crippen molar-refractivity contribution in [2.24, 2.45) is 0 Å². The van der Waals surface area contributed by atoms with Crippen LogP contribution in [0.3, 0.4) is 0 Å². The number of nitrogens with zero attached hydrogens (tertiary/aromatic N) is 3. The Morgan fingerprint density at radius 3 is 2.32 bits per heavy atom. The highest BCUT2D eigenvalue weighted by Gasteiger charge is 2.09. The van der Waals surface area contributed by atoms with Gasteiger partial charge in [0.05, 0.1) is 6.61 Å². The van der Waals surface area contributed by atoms with Crippen LogP contribution in [0.5, 0.6) is 5.75 Å². The predicted molar refractivity (Wildman–Crippen MR) is 93.8 cm³/mol. The van der Waals surface area contributed by atoms with Crippen molar-refractivity contribution in [3.05, 3.63) is 65.5 Å². The van der Waals surface area contributed by atoms with Crippen LogP contribution < -0.4 is 4.74 Å². The molecule has 3 rings (SSSR count). The Balaban J connectivity index is 1.61. The van der Waals surface area contributed by atoms with E-state index in [0.29, 0.717) is 17.5 Å². The van der Waals surface area contributed by atoms with Gasteiger partial charge in [-0.2, -0.15) is 4.98 Å². The van der Waals surface area contributed by atoms with E-state index >= 15 is 0 Å². The molecule has 0 saturated heterocycles. The number of hydrogen-bond donors (Lipinski definition) is 1. The third-order valence-corrected chi connectivity index (χ3v) is 3.65. The van der Waals surface area contributed by atoms with E-state index in [1.165, 1.54) is 5.56 Å². The number of hydrogen-bond acceptors (Lipinski definition) is 6. The van der Waals surface area contributed by atoms with Gasteiger partial charge in [-0.1, -0.05) is 41.6 Å². The molecule has 1 N–H and O–H groups in total. The second kappa shape index (κ2) is 7.92. The Morgan fingerprint density at radius 1 is 1.00 bits per heavy atom. The second-order valence-corrected chi connectivity index (χ2v) is 6.04. The lowest BCUT2D eigenvalue weighted by molar-refractivity contribution is 0.242. The molecule has 3 aromatic rings. The Morgan fingerprint density at radius 2 is 1.68 bits per heavy atom. The number of aromatic nitrogens is 2. The minimum absolute atomic E-state index is 0.0145. The van der Waals surface area contributed by atoms with Crippen molar-refractivity contribution in [3.63, 3.8) is 0 Å². The summed E-state index contributed by atoms with van der Waals surface area (Å²) in [5.41, 5.74) is 2.97. The number of benzene rings is 2. The first-order valence-corrected chi connectivity index (χ1v) is 8.03. The predicted octanol–water partition coefficient (Wildman–Crippen LogP) is 2.87. The average Bonchev–Trinajstić information content (AvgIpc) is 3.09. The smallest absolute Gasteiger partial charge is 0.264 e. The molecule has 25 heavy (non-hydrogen) atoms. The molecule has 0 bridgehead atoms. The van der Waals surface area contributed by atoms with Crippen LogP contribution in [0, 0.1) is 0 Å². The molecular weight excluding hydrogens is 318 g/mol. The van der Waals surface area contributed by atoms with Crippen molar-refractivity contribution in [2.75, 3.05) is 14.1 Å². The standard InChI is InChI=1S/C19H21N3O3/c1-22(2)11-14-3-7-16(8-4-14)19-20-18(25-21-19)13-24-17-9-5-15(12-23)6-10-17/h3-10,23H,11-13H2,1-2H3. The Hall–Kier alpha value is -2.70. The fraction of sp³-hybridized carbons (Fsp3) is 0.263. The number of aliphatic hydroxyl groups is 1. The van der Waals surface area contributed by atoms with Crippen molar-refractivity contribution in [3.8, 4) is 17.1 Å². The van der Waals surface area contributed by atoms with Crippen LogP contribution in [-0.4, -0.2) is 34.2 Å². The van der Waals surface area contributed by atoms with Gasteiger partial charge in [0.1, 0.15) is 5.75 Å². The zero-order valence-electron chi connectivity index (χ0n) is 14.3. The summed E-state index contributed by atoms with van der Waals surface area (Å²) in [6.07, 6.45) is 0. The molecule has 0 fully saturated rings. The number of aliphatic hydroxyl groups excluding tert-OH is 1. The van der Waals surface area contributed by atoms with Crippen molar-refractivity contribution in [1.29, 1.82) is 0 Å². The van der Waals surface area contributed by atoms with Gasteiger partial charge >= 0.3 is 0 Å². The molecule has 0 unspecified atom stereocenters. The molecule has 2 aromatic carbocycles. The maximum absolute atomic E-state index is 9.03. The van der Waals surface area contributed by atoms with Gasteiger partial charge < -0.3 is 19.3 Å². The van der Waals surface area contributed by atoms with E-state index in [2.05, 4.69) is 27.2 Å². The first kappa shape index (κ1) is 17.1. The molecule has 0 radical (unpaired) electrons. The van der Waals surface area contributed by atoms with E-state index in [4.69, 9.17) is 14.4 Å². The highest BCUT2D eigenvalue weighted by Crippen LogP contribution is 2.18. The first-order valence-electron chi connectivity index (χ1n) is 8.03. The zero-order chi connectivity index (χ0) is 17.6. The largest absolute Gasteiger partial charge is 0.484 e. The highest BCUT2D eigenvalue weighted by molar-refractivity contribution is 5.54. The molecule has 1 aromatic heterocycles. The van der Waals surface area contributed by atoms with Gasteiger partial charge in [-0.25, -0.2) is 0 Å². The third-order valence-electron chi connectivity index (χ3n) is 3.65. The van der Waals surface area contributed by atoms with Crippen molar-refractivity contribution in [2.45, 2.75) is 19.8 Å². The molecule has 0 spiro atoms. The summed E-state index contributed by atoms with van der Waals surface area (Å²) in [5, 5.41) is 13.0. The van der Waals surface area contributed by atoms with Gasteiger partial charge in [0.25, 0.3) is 5.89 Å². The molecule has 0 aliphatic rings. The number of rotatable bonds is 7. The Kier molecular flexibility index (Phi) is 5.42. The second-order valence-electron chi connectivity index (χ2n) is 6.04. The minimum Gasteiger partial charge on any atom is -0.484 e. The average molecular weight is 339 g/mol. The van der Waals surface area contributed by atoms with Gasteiger partial charge in [0.2, 0.25) is 5.82 Å². The summed E-state index contributed by atoms with van der Waals surface area (Å²) >= 11 is 0. The summed E-state index contributed by atoms with van der Waals surface area (Å²) in [5.74, 6) is 1.65. The highest BCUT2D eigenvalue weighted by atomic mass is 16.5. The van der Waals surface area contributed by atoms with E-state index in [9.17, 15) is 0 Å². The van der Waals surface area contributed by atoms with Crippen molar-refractivity contribution >= 4 is 0 Å². The summed E-state index contributed by atoms with van der Waals surface area (Å²) in [6, 6.07) is 15.3. The number of ether oxygens (including phenoxy) is 1.